The second kappa shape index (κ2) is 6.09. The van der Waals surface area contributed by atoms with Gasteiger partial charge in [0.15, 0.2) is 11.9 Å². The number of aromatic amines is 1. The van der Waals surface area contributed by atoms with E-state index in [1.165, 1.54) is 11.1 Å². The molecular formula is C14H16BNO+. The molecule has 85 valence electrons. The van der Waals surface area contributed by atoms with E-state index in [0.717, 1.165) is 18.4 Å². The number of aromatic nitrogens is 1. The summed E-state index contributed by atoms with van der Waals surface area (Å²) in [6.45, 7) is 2.15. The highest BCUT2D eigenvalue weighted by molar-refractivity contribution is 5.75. The Balaban J connectivity index is 0.00000144. The molecule has 0 aliphatic heterocycles. The first-order valence-corrected chi connectivity index (χ1v) is 5.55. The van der Waals surface area contributed by atoms with E-state index in [2.05, 4.69) is 36.2 Å². The highest BCUT2D eigenvalue weighted by atomic mass is 16.3. The van der Waals surface area contributed by atoms with Crippen LogP contribution in [0, 0.1) is 0 Å². The van der Waals surface area contributed by atoms with Crippen molar-refractivity contribution in [2.24, 2.45) is 0 Å². The van der Waals surface area contributed by atoms with Crippen LogP contribution in [0.5, 0.6) is 5.75 Å². The van der Waals surface area contributed by atoms with Crippen molar-refractivity contribution in [3.8, 4) is 5.75 Å². The van der Waals surface area contributed by atoms with Crippen LogP contribution in [0.15, 0.2) is 42.7 Å². The molecule has 0 saturated carbocycles. The van der Waals surface area contributed by atoms with E-state index in [0.29, 0.717) is 5.75 Å². The SMILES string of the molecule is CCc1ccc(Cc2cc[nH+]cc2O)cc1.[B]. The first-order chi connectivity index (χ1) is 7.79. The Morgan fingerprint density at radius 2 is 1.71 bits per heavy atom. The van der Waals surface area contributed by atoms with Crippen molar-refractivity contribution in [3.05, 3.63) is 59.4 Å². The van der Waals surface area contributed by atoms with Crippen LogP contribution >= 0.6 is 0 Å². The Bertz CT molecular complexity index is 468. The van der Waals surface area contributed by atoms with Gasteiger partial charge in [0.2, 0.25) is 6.20 Å². The molecule has 0 bridgehead atoms. The minimum absolute atomic E-state index is 0. The Morgan fingerprint density at radius 3 is 2.29 bits per heavy atom. The molecule has 0 amide bonds. The summed E-state index contributed by atoms with van der Waals surface area (Å²) < 4.78 is 0. The van der Waals surface area contributed by atoms with Gasteiger partial charge >= 0.3 is 0 Å². The third-order valence-electron chi connectivity index (χ3n) is 2.76. The molecule has 0 fully saturated rings. The first kappa shape index (κ1) is 13.3. The maximum absolute atomic E-state index is 9.64. The number of H-pyrrole nitrogens is 1. The van der Waals surface area contributed by atoms with Crippen LogP contribution in [-0.4, -0.2) is 13.5 Å². The van der Waals surface area contributed by atoms with Crippen molar-refractivity contribution >= 4 is 8.41 Å². The topological polar surface area (TPSA) is 34.4 Å². The van der Waals surface area contributed by atoms with Crippen molar-refractivity contribution in [1.82, 2.24) is 0 Å². The molecule has 1 heterocycles. The number of aromatic hydroxyl groups is 1. The van der Waals surface area contributed by atoms with Gasteiger partial charge in [0, 0.05) is 26.5 Å². The summed E-state index contributed by atoms with van der Waals surface area (Å²) in [4.78, 5) is 2.86. The minimum Gasteiger partial charge on any atom is -0.503 e. The number of pyridine rings is 1. The maximum Gasteiger partial charge on any atom is 0.209 e. The molecule has 0 aliphatic rings. The molecule has 3 heteroatoms. The molecule has 3 radical (unpaired) electrons. The van der Waals surface area contributed by atoms with E-state index in [1.807, 2.05) is 12.3 Å². The lowest BCUT2D eigenvalue weighted by atomic mass is 10.0. The van der Waals surface area contributed by atoms with Gasteiger partial charge in [-0.25, -0.2) is 4.98 Å². The number of rotatable bonds is 3. The summed E-state index contributed by atoms with van der Waals surface area (Å²) in [5.41, 5.74) is 3.51. The smallest absolute Gasteiger partial charge is 0.209 e. The molecular weight excluding hydrogens is 209 g/mol. The van der Waals surface area contributed by atoms with Gasteiger partial charge in [0.1, 0.15) is 0 Å². The fourth-order valence-corrected chi connectivity index (χ4v) is 1.72. The minimum atomic E-state index is 0. The summed E-state index contributed by atoms with van der Waals surface area (Å²) >= 11 is 0. The third-order valence-corrected chi connectivity index (χ3v) is 2.76. The molecule has 2 rings (SSSR count). The Kier molecular flexibility index (Phi) is 4.76. The number of nitrogens with one attached hydrogen (secondary N) is 1. The molecule has 0 unspecified atom stereocenters. The van der Waals surface area contributed by atoms with E-state index < -0.39 is 0 Å². The Labute approximate surface area is 104 Å². The quantitative estimate of drug-likeness (QED) is 0.796. The predicted molar refractivity (Wildman–Crippen MR) is 69.0 cm³/mol. The van der Waals surface area contributed by atoms with Crippen LogP contribution in [0.3, 0.4) is 0 Å². The number of hydrogen-bond donors (Lipinski definition) is 1. The van der Waals surface area contributed by atoms with Crippen LogP contribution in [-0.2, 0) is 12.8 Å². The normalized spacial score (nSPS) is 9.71. The fourth-order valence-electron chi connectivity index (χ4n) is 1.72. The summed E-state index contributed by atoms with van der Waals surface area (Å²) in [5.74, 6) is 0.321. The first-order valence-electron chi connectivity index (χ1n) is 5.55. The van der Waals surface area contributed by atoms with E-state index in [-0.39, 0.29) is 8.41 Å². The fraction of sp³-hybridized carbons (Fsp3) is 0.214. The molecule has 0 atom stereocenters. The molecule has 0 aliphatic carbocycles. The van der Waals surface area contributed by atoms with Crippen LogP contribution in [0.2, 0.25) is 0 Å². The second-order valence-electron chi connectivity index (χ2n) is 3.90. The summed E-state index contributed by atoms with van der Waals surface area (Å²) in [5, 5.41) is 9.64. The summed E-state index contributed by atoms with van der Waals surface area (Å²) in [6, 6.07) is 10.4. The maximum atomic E-state index is 9.64. The highest BCUT2D eigenvalue weighted by Gasteiger charge is 2.04. The predicted octanol–water partition coefficient (Wildman–Crippen LogP) is 1.98. The zero-order chi connectivity index (χ0) is 11.4. The van der Waals surface area contributed by atoms with Gasteiger partial charge in [-0.2, -0.15) is 0 Å². The largest absolute Gasteiger partial charge is 0.503 e. The van der Waals surface area contributed by atoms with Gasteiger partial charge in [0.05, 0.1) is 0 Å². The second-order valence-corrected chi connectivity index (χ2v) is 3.90. The molecule has 17 heavy (non-hydrogen) atoms. The van der Waals surface area contributed by atoms with Gasteiger partial charge in [0.25, 0.3) is 0 Å². The van der Waals surface area contributed by atoms with E-state index in [4.69, 9.17) is 0 Å². The number of aryl methyl sites for hydroxylation is 1. The monoisotopic (exact) mass is 225 g/mol. The lowest BCUT2D eigenvalue weighted by molar-refractivity contribution is -0.379. The standard InChI is InChI=1S/C14H15NO.B/c1-2-11-3-5-12(6-4-11)9-13-7-8-15-10-14(13)16;/h3-8,10,16H,2,9H2,1H3;/p+1. The van der Waals surface area contributed by atoms with E-state index in [9.17, 15) is 5.11 Å². The van der Waals surface area contributed by atoms with Crippen molar-refractivity contribution in [3.63, 3.8) is 0 Å². The summed E-state index contributed by atoms with van der Waals surface area (Å²) in [7, 11) is 0. The molecule has 1 aromatic carbocycles. The van der Waals surface area contributed by atoms with Crippen molar-refractivity contribution in [2.75, 3.05) is 0 Å². The third kappa shape index (κ3) is 3.35. The van der Waals surface area contributed by atoms with Crippen LogP contribution < -0.4 is 4.98 Å². The van der Waals surface area contributed by atoms with Gasteiger partial charge in [-0.1, -0.05) is 31.2 Å². The van der Waals surface area contributed by atoms with E-state index >= 15 is 0 Å². The van der Waals surface area contributed by atoms with E-state index in [1.54, 1.807) is 6.20 Å². The van der Waals surface area contributed by atoms with Crippen LogP contribution in [0.1, 0.15) is 23.6 Å². The lowest BCUT2D eigenvalue weighted by Crippen LogP contribution is -2.00. The van der Waals surface area contributed by atoms with Crippen molar-refractivity contribution in [1.29, 1.82) is 0 Å². The average Bonchev–Trinajstić information content (AvgIpc) is 2.33. The zero-order valence-electron chi connectivity index (χ0n) is 9.98. The number of hydrogen-bond acceptors (Lipinski definition) is 1. The van der Waals surface area contributed by atoms with Crippen LogP contribution in [0.4, 0.5) is 0 Å². The van der Waals surface area contributed by atoms with Gasteiger partial charge < -0.3 is 5.11 Å². The van der Waals surface area contributed by atoms with Crippen LogP contribution in [0.25, 0.3) is 0 Å². The Hall–Kier alpha value is -1.77. The average molecular weight is 225 g/mol. The number of benzene rings is 1. The van der Waals surface area contributed by atoms with Gasteiger partial charge in [-0.3, -0.25) is 0 Å². The van der Waals surface area contributed by atoms with Gasteiger partial charge in [-0.05, 0) is 17.5 Å². The molecule has 2 nitrogen and oxygen atoms in total. The molecule has 2 aromatic rings. The molecule has 0 saturated heterocycles. The molecule has 2 N–H and O–H groups in total. The lowest BCUT2D eigenvalue weighted by Gasteiger charge is -2.03. The zero-order valence-corrected chi connectivity index (χ0v) is 9.98. The van der Waals surface area contributed by atoms with Crippen molar-refractivity contribution in [2.45, 2.75) is 19.8 Å². The molecule has 0 spiro atoms. The summed E-state index contributed by atoms with van der Waals surface area (Å²) in [6.07, 6.45) is 5.27. The molecule has 1 aromatic heterocycles. The van der Waals surface area contributed by atoms with Crippen molar-refractivity contribution < 1.29 is 10.1 Å². The Morgan fingerprint density at radius 1 is 1.06 bits per heavy atom. The highest BCUT2D eigenvalue weighted by Crippen LogP contribution is 2.17. The van der Waals surface area contributed by atoms with Gasteiger partial charge in [-0.15, -0.1) is 0 Å².